The zero-order valence-corrected chi connectivity index (χ0v) is 13.9. The molecule has 0 unspecified atom stereocenters. The highest BCUT2D eigenvalue weighted by molar-refractivity contribution is 9.10. The molecule has 0 radical (unpaired) electrons. The van der Waals surface area contributed by atoms with Crippen LogP contribution in [0, 0.1) is 5.92 Å². The highest BCUT2D eigenvalue weighted by Crippen LogP contribution is 2.10. The van der Waals surface area contributed by atoms with E-state index in [9.17, 15) is 9.59 Å². The number of nitrogens with zero attached hydrogens (tertiary/aromatic N) is 1. The molecule has 7 heteroatoms. The second-order valence-corrected chi connectivity index (χ2v) is 6.21. The van der Waals surface area contributed by atoms with E-state index in [2.05, 4.69) is 50.8 Å². The third kappa shape index (κ3) is 4.42. The van der Waals surface area contributed by atoms with Gasteiger partial charge in [-0.25, -0.2) is 0 Å². The Morgan fingerprint density at radius 3 is 2.45 bits per heavy atom. The minimum Gasteiger partial charge on any atom is -0.282 e. The number of halogens is 1. The Hall–Kier alpha value is -2.15. The molecule has 1 aromatic carbocycles. The van der Waals surface area contributed by atoms with Crippen LogP contribution < -0.4 is 10.9 Å². The second-order valence-electron chi connectivity index (χ2n) is 5.29. The summed E-state index contributed by atoms with van der Waals surface area (Å²) in [5.74, 6) is -0.385. The number of hydrazine groups is 1. The SMILES string of the molecule is CC(C)Cc1cc(C(=O)NNC(=O)c2ccc(Br)cc2)n[nH]1. The number of aromatic amines is 1. The zero-order valence-electron chi connectivity index (χ0n) is 12.3. The van der Waals surface area contributed by atoms with Gasteiger partial charge < -0.3 is 0 Å². The molecule has 2 aromatic rings. The van der Waals surface area contributed by atoms with Crippen LogP contribution in [0.3, 0.4) is 0 Å². The molecule has 0 saturated heterocycles. The lowest BCUT2D eigenvalue weighted by molar-refractivity contribution is 0.0844. The van der Waals surface area contributed by atoms with Gasteiger partial charge in [-0.3, -0.25) is 25.5 Å². The number of hydrogen-bond donors (Lipinski definition) is 3. The number of aromatic nitrogens is 2. The van der Waals surface area contributed by atoms with Gasteiger partial charge in [-0.2, -0.15) is 5.10 Å². The molecule has 2 amide bonds. The van der Waals surface area contributed by atoms with Crippen molar-refractivity contribution in [2.45, 2.75) is 20.3 Å². The summed E-state index contributed by atoms with van der Waals surface area (Å²) < 4.78 is 0.877. The van der Waals surface area contributed by atoms with Crippen LogP contribution in [-0.2, 0) is 6.42 Å². The molecule has 0 spiro atoms. The van der Waals surface area contributed by atoms with E-state index in [0.717, 1.165) is 16.6 Å². The molecule has 3 N–H and O–H groups in total. The van der Waals surface area contributed by atoms with Gasteiger partial charge in [0.1, 0.15) is 0 Å². The van der Waals surface area contributed by atoms with Crippen molar-refractivity contribution in [3.8, 4) is 0 Å². The highest BCUT2D eigenvalue weighted by Gasteiger charge is 2.12. The fourth-order valence-corrected chi connectivity index (χ4v) is 2.14. The van der Waals surface area contributed by atoms with Crippen LogP contribution in [0.4, 0.5) is 0 Å². The molecule has 0 saturated carbocycles. The van der Waals surface area contributed by atoms with Crippen molar-refractivity contribution in [3.63, 3.8) is 0 Å². The van der Waals surface area contributed by atoms with E-state index in [4.69, 9.17) is 0 Å². The maximum absolute atomic E-state index is 11.9. The summed E-state index contributed by atoms with van der Waals surface area (Å²) >= 11 is 3.29. The van der Waals surface area contributed by atoms with Crippen molar-refractivity contribution in [1.82, 2.24) is 21.0 Å². The van der Waals surface area contributed by atoms with E-state index < -0.39 is 11.8 Å². The van der Waals surface area contributed by atoms with Crippen molar-refractivity contribution < 1.29 is 9.59 Å². The van der Waals surface area contributed by atoms with Crippen LogP contribution in [0.5, 0.6) is 0 Å². The Morgan fingerprint density at radius 2 is 1.82 bits per heavy atom. The number of nitrogens with one attached hydrogen (secondary N) is 3. The van der Waals surface area contributed by atoms with Gasteiger partial charge in [-0.1, -0.05) is 29.8 Å². The van der Waals surface area contributed by atoms with Crippen molar-refractivity contribution in [1.29, 1.82) is 0 Å². The Labute approximate surface area is 136 Å². The lowest BCUT2D eigenvalue weighted by Gasteiger charge is -2.05. The minimum atomic E-state index is -0.461. The summed E-state index contributed by atoms with van der Waals surface area (Å²) in [6.45, 7) is 4.16. The average Bonchev–Trinajstić information content (AvgIpc) is 2.93. The predicted octanol–water partition coefficient (Wildman–Crippen LogP) is 2.45. The fraction of sp³-hybridized carbons (Fsp3) is 0.267. The largest absolute Gasteiger partial charge is 0.290 e. The van der Waals surface area contributed by atoms with E-state index in [1.54, 1.807) is 30.3 Å². The van der Waals surface area contributed by atoms with Crippen LogP contribution in [0.1, 0.15) is 40.4 Å². The van der Waals surface area contributed by atoms with Crippen molar-refractivity contribution in [2.24, 2.45) is 5.92 Å². The number of hydrogen-bond acceptors (Lipinski definition) is 3. The summed E-state index contributed by atoms with van der Waals surface area (Å²) in [5, 5.41) is 6.75. The summed E-state index contributed by atoms with van der Waals surface area (Å²) in [6, 6.07) is 8.49. The van der Waals surface area contributed by atoms with E-state index in [0.29, 0.717) is 11.5 Å². The van der Waals surface area contributed by atoms with E-state index in [1.165, 1.54) is 0 Å². The van der Waals surface area contributed by atoms with Crippen molar-refractivity contribution in [3.05, 3.63) is 51.8 Å². The minimum absolute atomic E-state index is 0.242. The number of amides is 2. The van der Waals surface area contributed by atoms with E-state index in [1.807, 2.05) is 0 Å². The van der Waals surface area contributed by atoms with Gasteiger partial charge in [0.25, 0.3) is 11.8 Å². The Bertz CT molecular complexity index is 664. The smallest absolute Gasteiger partial charge is 0.282 e. The molecule has 22 heavy (non-hydrogen) atoms. The van der Waals surface area contributed by atoms with Crippen LogP contribution >= 0.6 is 15.9 Å². The quantitative estimate of drug-likeness (QED) is 0.728. The van der Waals surface area contributed by atoms with Gasteiger partial charge in [-0.05, 0) is 42.7 Å². The first-order valence-electron chi connectivity index (χ1n) is 6.86. The maximum atomic E-state index is 11.9. The number of rotatable bonds is 4. The summed E-state index contributed by atoms with van der Waals surface area (Å²) in [7, 11) is 0. The van der Waals surface area contributed by atoms with E-state index >= 15 is 0 Å². The molecule has 116 valence electrons. The zero-order chi connectivity index (χ0) is 16.1. The molecule has 6 nitrogen and oxygen atoms in total. The average molecular weight is 365 g/mol. The molecule has 1 aromatic heterocycles. The molecular formula is C15H17BrN4O2. The van der Waals surface area contributed by atoms with E-state index in [-0.39, 0.29) is 5.69 Å². The van der Waals surface area contributed by atoms with Crippen LogP contribution in [0.25, 0.3) is 0 Å². The topological polar surface area (TPSA) is 86.9 Å². The van der Waals surface area contributed by atoms with Crippen LogP contribution in [-0.4, -0.2) is 22.0 Å². The van der Waals surface area contributed by atoms with Gasteiger partial charge in [0.2, 0.25) is 0 Å². The van der Waals surface area contributed by atoms with Gasteiger partial charge in [0.05, 0.1) is 0 Å². The lowest BCUT2D eigenvalue weighted by Crippen LogP contribution is -2.41. The molecule has 0 bridgehead atoms. The first-order valence-corrected chi connectivity index (χ1v) is 7.65. The number of benzene rings is 1. The predicted molar refractivity (Wildman–Crippen MR) is 86.2 cm³/mol. The standard InChI is InChI=1S/C15H17BrN4O2/c1-9(2)7-12-8-13(18-17-12)15(22)20-19-14(21)10-3-5-11(16)6-4-10/h3-6,8-9H,7H2,1-2H3,(H,17,18)(H,19,21)(H,20,22). The summed E-state index contributed by atoms with van der Waals surface area (Å²) in [6.07, 6.45) is 0.811. The van der Waals surface area contributed by atoms with Crippen LogP contribution in [0.2, 0.25) is 0 Å². The second kappa shape index (κ2) is 7.22. The number of H-pyrrole nitrogens is 1. The van der Waals surface area contributed by atoms with Crippen LogP contribution in [0.15, 0.2) is 34.8 Å². The van der Waals surface area contributed by atoms with Gasteiger partial charge >= 0.3 is 0 Å². The first kappa shape index (κ1) is 16.2. The number of carbonyl (C=O) groups excluding carboxylic acids is 2. The van der Waals surface area contributed by atoms with Gasteiger partial charge in [-0.15, -0.1) is 0 Å². The molecule has 0 atom stereocenters. The Kier molecular flexibility index (Phi) is 5.32. The number of carbonyl (C=O) groups is 2. The van der Waals surface area contributed by atoms with Gasteiger partial charge in [0.15, 0.2) is 5.69 Å². The van der Waals surface area contributed by atoms with Gasteiger partial charge in [0, 0.05) is 15.7 Å². The molecule has 2 rings (SSSR count). The summed E-state index contributed by atoms with van der Waals surface area (Å²) in [4.78, 5) is 23.8. The Balaban J connectivity index is 1.90. The highest BCUT2D eigenvalue weighted by atomic mass is 79.9. The Morgan fingerprint density at radius 1 is 1.18 bits per heavy atom. The van der Waals surface area contributed by atoms with Crippen molar-refractivity contribution >= 4 is 27.7 Å². The monoisotopic (exact) mass is 364 g/mol. The molecule has 0 aliphatic carbocycles. The normalized spacial score (nSPS) is 10.5. The molecule has 1 heterocycles. The lowest BCUT2D eigenvalue weighted by atomic mass is 10.1. The third-order valence-corrected chi connectivity index (χ3v) is 3.42. The maximum Gasteiger partial charge on any atom is 0.290 e. The molecule has 0 fully saturated rings. The molecule has 0 aliphatic heterocycles. The van der Waals surface area contributed by atoms with Crippen molar-refractivity contribution in [2.75, 3.05) is 0 Å². The first-order chi connectivity index (χ1) is 10.5. The third-order valence-electron chi connectivity index (χ3n) is 2.89. The molecule has 0 aliphatic rings. The molecular weight excluding hydrogens is 348 g/mol. The fourth-order valence-electron chi connectivity index (χ4n) is 1.87. The summed E-state index contributed by atoms with van der Waals surface area (Å²) in [5.41, 5.74) is 6.29.